The second kappa shape index (κ2) is 43.5. The maximum absolute atomic E-state index is 12.8. The van der Waals surface area contributed by atoms with Crippen molar-refractivity contribution in [2.24, 2.45) is 0 Å². The molecule has 0 bridgehead atoms. The molecule has 366 valence electrons. The lowest BCUT2D eigenvalue weighted by Crippen LogP contribution is -2.59. The van der Waals surface area contributed by atoms with Gasteiger partial charge in [-0.1, -0.05) is 204 Å². The lowest BCUT2D eigenvalue weighted by molar-refractivity contribution is -0.305. The molecular formula is C53H94O10. The molecule has 0 aromatic carbocycles. The Morgan fingerprint density at radius 3 is 1.41 bits per heavy atom. The minimum Gasteiger partial charge on any atom is -0.462 e. The quantitative estimate of drug-likeness (QED) is 0.0264. The van der Waals surface area contributed by atoms with Crippen LogP contribution in [-0.2, 0) is 28.5 Å². The highest BCUT2D eigenvalue weighted by molar-refractivity contribution is 5.70. The van der Waals surface area contributed by atoms with Gasteiger partial charge in [-0.15, -0.1) is 0 Å². The van der Waals surface area contributed by atoms with Crippen LogP contribution in [0.3, 0.4) is 0 Å². The molecule has 1 fully saturated rings. The van der Waals surface area contributed by atoms with Gasteiger partial charge in [0.25, 0.3) is 0 Å². The number of esters is 2. The Labute approximate surface area is 384 Å². The van der Waals surface area contributed by atoms with Crippen LogP contribution in [0.15, 0.2) is 48.6 Å². The molecule has 4 N–H and O–H groups in total. The highest BCUT2D eigenvalue weighted by Crippen LogP contribution is 2.23. The number of hydrogen-bond acceptors (Lipinski definition) is 10. The number of aliphatic hydroxyl groups excluding tert-OH is 4. The normalized spacial score (nSPS) is 19.9. The van der Waals surface area contributed by atoms with E-state index in [0.29, 0.717) is 12.8 Å². The number of aliphatic hydroxyl groups is 4. The minimum atomic E-state index is -1.60. The molecule has 0 radical (unpaired) electrons. The topological polar surface area (TPSA) is 152 Å². The van der Waals surface area contributed by atoms with Crippen LogP contribution < -0.4 is 0 Å². The number of hydrogen-bond donors (Lipinski definition) is 4. The summed E-state index contributed by atoms with van der Waals surface area (Å²) in [5.74, 6) is -0.848. The summed E-state index contributed by atoms with van der Waals surface area (Å²) in [7, 11) is 0. The molecule has 1 saturated heterocycles. The molecule has 1 rings (SSSR count). The van der Waals surface area contributed by atoms with Gasteiger partial charge in [0.2, 0.25) is 0 Å². The van der Waals surface area contributed by atoms with Crippen molar-refractivity contribution >= 4 is 11.9 Å². The van der Waals surface area contributed by atoms with E-state index in [1.807, 2.05) is 0 Å². The van der Waals surface area contributed by atoms with Crippen LogP contribution in [0.25, 0.3) is 0 Å². The fraction of sp³-hybridized carbons (Fsp3) is 0.811. The Kier molecular flexibility index (Phi) is 40.6. The number of unbranched alkanes of at least 4 members (excludes halogenated alkanes) is 24. The van der Waals surface area contributed by atoms with Gasteiger partial charge in [0, 0.05) is 12.8 Å². The van der Waals surface area contributed by atoms with E-state index in [9.17, 15) is 30.0 Å². The van der Waals surface area contributed by atoms with E-state index >= 15 is 0 Å². The highest BCUT2D eigenvalue weighted by Gasteiger charge is 2.44. The monoisotopic (exact) mass is 891 g/mol. The van der Waals surface area contributed by atoms with Crippen LogP contribution in [0.4, 0.5) is 0 Å². The average Bonchev–Trinajstić information content (AvgIpc) is 3.28. The Bertz CT molecular complexity index is 1170. The van der Waals surface area contributed by atoms with Crippen LogP contribution in [0.2, 0.25) is 0 Å². The second-order valence-electron chi connectivity index (χ2n) is 17.6. The molecule has 0 aromatic rings. The fourth-order valence-corrected chi connectivity index (χ4v) is 7.71. The first-order chi connectivity index (χ1) is 30.8. The molecule has 0 saturated carbocycles. The van der Waals surface area contributed by atoms with E-state index in [4.69, 9.17) is 18.9 Å². The van der Waals surface area contributed by atoms with E-state index in [1.54, 1.807) is 0 Å². The van der Waals surface area contributed by atoms with Crippen LogP contribution in [0, 0.1) is 0 Å². The Hall–Kier alpha value is -2.34. The van der Waals surface area contributed by atoms with Crippen molar-refractivity contribution in [2.75, 3.05) is 19.8 Å². The first kappa shape index (κ1) is 58.7. The molecule has 10 nitrogen and oxygen atoms in total. The van der Waals surface area contributed by atoms with Gasteiger partial charge >= 0.3 is 11.9 Å². The third kappa shape index (κ3) is 34.6. The van der Waals surface area contributed by atoms with Crippen molar-refractivity contribution in [3.8, 4) is 0 Å². The number of carbonyl (C=O) groups excluding carboxylic acids is 2. The maximum Gasteiger partial charge on any atom is 0.306 e. The molecule has 0 spiro atoms. The van der Waals surface area contributed by atoms with E-state index < -0.39 is 55.4 Å². The molecule has 1 aliphatic heterocycles. The summed E-state index contributed by atoms with van der Waals surface area (Å²) in [6, 6.07) is 0. The summed E-state index contributed by atoms with van der Waals surface area (Å²) in [4.78, 5) is 25.4. The number of ether oxygens (including phenoxy) is 4. The highest BCUT2D eigenvalue weighted by atomic mass is 16.7. The Morgan fingerprint density at radius 1 is 0.508 bits per heavy atom. The van der Waals surface area contributed by atoms with Crippen LogP contribution in [-0.4, -0.2) is 89.0 Å². The van der Waals surface area contributed by atoms with Gasteiger partial charge in [-0.2, -0.15) is 0 Å². The number of carbonyl (C=O) groups is 2. The zero-order chi connectivity index (χ0) is 45.9. The van der Waals surface area contributed by atoms with Gasteiger partial charge in [-0.05, 0) is 51.4 Å². The van der Waals surface area contributed by atoms with Gasteiger partial charge in [0.15, 0.2) is 12.4 Å². The molecular weight excluding hydrogens is 797 g/mol. The third-order valence-corrected chi connectivity index (χ3v) is 11.7. The van der Waals surface area contributed by atoms with E-state index in [0.717, 1.165) is 57.8 Å². The summed E-state index contributed by atoms with van der Waals surface area (Å²) in [6.45, 7) is 3.29. The predicted octanol–water partition coefficient (Wildman–Crippen LogP) is 12.0. The standard InChI is InChI=1S/C53H94O10/c1-3-5-7-9-11-13-15-17-19-20-21-22-23-24-25-26-28-30-32-34-36-38-40-42-49(56)62-46(45-61-53-52(59)51(58)50(57)47(43-54)63-53)44-60-48(55)41-39-37-35-33-31-29-27-18-16-14-12-10-8-6-4-2/h6,8,12,14,18,27,31,33,46-47,50-54,57-59H,3-5,7,9-11,13,15-17,19-26,28-30,32,34-45H2,1-2H3/b8-6+,14-12+,27-18+,33-31+/t46-,47-,50+,51?,52?,53-/m1/s1. The fourth-order valence-electron chi connectivity index (χ4n) is 7.71. The average molecular weight is 891 g/mol. The summed E-state index contributed by atoms with van der Waals surface area (Å²) in [5, 5.41) is 40.2. The lowest BCUT2D eigenvalue weighted by atomic mass is 9.99. The largest absolute Gasteiger partial charge is 0.462 e. The van der Waals surface area contributed by atoms with Crippen molar-refractivity contribution in [3.05, 3.63) is 48.6 Å². The SMILES string of the molecule is CC/C=C/C/C=C/C/C=C/C/C=C/CCCCC(=O)OC[C@H](CO[C@@H]1O[C@H](CO)[C@H](O)C(O)C1O)OC(=O)CCCCCCCCCCCCCCCCCCCCCCCCC. The van der Waals surface area contributed by atoms with Crippen molar-refractivity contribution in [1.82, 2.24) is 0 Å². The number of allylic oxidation sites excluding steroid dienone is 8. The lowest BCUT2D eigenvalue weighted by Gasteiger charge is -2.39. The van der Waals surface area contributed by atoms with Crippen LogP contribution >= 0.6 is 0 Å². The third-order valence-electron chi connectivity index (χ3n) is 11.7. The molecule has 63 heavy (non-hydrogen) atoms. The van der Waals surface area contributed by atoms with E-state index in [-0.39, 0.29) is 26.1 Å². The summed E-state index contributed by atoms with van der Waals surface area (Å²) < 4.78 is 22.2. The zero-order valence-corrected chi connectivity index (χ0v) is 40.1. The Balaban J connectivity index is 2.25. The maximum atomic E-state index is 12.8. The van der Waals surface area contributed by atoms with Gasteiger partial charge in [0.1, 0.15) is 31.0 Å². The van der Waals surface area contributed by atoms with E-state index in [1.165, 1.54) is 122 Å². The van der Waals surface area contributed by atoms with Crippen LogP contribution in [0.5, 0.6) is 0 Å². The van der Waals surface area contributed by atoms with Gasteiger partial charge < -0.3 is 39.4 Å². The zero-order valence-electron chi connectivity index (χ0n) is 40.1. The summed E-state index contributed by atoms with van der Waals surface area (Å²) in [5.41, 5.74) is 0. The van der Waals surface area contributed by atoms with Gasteiger partial charge in [-0.3, -0.25) is 9.59 Å². The second-order valence-corrected chi connectivity index (χ2v) is 17.6. The smallest absolute Gasteiger partial charge is 0.306 e. The molecule has 10 heteroatoms. The number of rotatable bonds is 43. The molecule has 6 atom stereocenters. The van der Waals surface area contributed by atoms with Crippen molar-refractivity contribution in [3.63, 3.8) is 0 Å². The van der Waals surface area contributed by atoms with Crippen molar-refractivity contribution in [2.45, 2.75) is 256 Å². The van der Waals surface area contributed by atoms with Crippen LogP contribution in [0.1, 0.15) is 219 Å². The van der Waals surface area contributed by atoms with Crippen molar-refractivity contribution < 1.29 is 49.0 Å². The molecule has 0 amide bonds. The molecule has 1 heterocycles. The Morgan fingerprint density at radius 2 is 0.937 bits per heavy atom. The molecule has 2 unspecified atom stereocenters. The molecule has 1 aliphatic rings. The molecule has 0 aromatic heterocycles. The molecule has 0 aliphatic carbocycles. The first-order valence-corrected chi connectivity index (χ1v) is 25.7. The summed E-state index contributed by atoms with van der Waals surface area (Å²) in [6.07, 6.45) is 45.6. The van der Waals surface area contributed by atoms with Gasteiger partial charge in [-0.25, -0.2) is 0 Å². The minimum absolute atomic E-state index is 0.223. The van der Waals surface area contributed by atoms with E-state index in [2.05, 4.69) is 62.5 Å². The first-order valence-electron chi connectivity index (χ1n) is 25.7. The van der Waals surface area contributed by atoms with Crippen molar-refractivity contribution in [1.29, 1.82) is 0 Å². The van der Waals surface area contributed by atoms with Gasteiger partial charge in [0.05, 0.1) is 13.2 Å². The predicted molar refractivity (Wildman–Crippen MR) is 256 cm³/mol. The summed E-state index contributed by atoms with van der Waals surface area (Å²) >= 11 is 0.